The van der Waals surface area contributed by atoms with E-state index in [0.717, 1.165) is 18.8 Å². The van der Waals surface area contributed by atoms with Crippen LogP contribution in [-0.4, -0.2) is 29.3 Å². The third-order valence-electron chi connectivity index (χ3n) is 3.33. The van der Waals surface area contributed by atoms with Crippen molar-refractivity contribution in [3.8, 4) is 0 Å². The molecule has 0 spiro atoms. The summed E-state index contributed by atoms with van der Waals surface area (Å²) in [5.41, 5.74) is 0.954. The van der Waals surface area contributed by atoms with E-state index in [1.807, 2.05) is 18.2 Å². The Labute approximate surface area is 106 Å². The molecule has 2 heterocycles. The van der Waals surface area contributed by atoms with Crippen LogP contribution in [0.2, 0.25) is 0 Å². The van der Waals surface area contributed by atoms with E-state index in [4.69, 9.17) is 0 Å². The lowest BCUT2D eigenvalue weighted by Gasteiger charge is -2.35. The Hall–Kier alpha value is -1.00. The first-order valence-corrected chi connectivity index (χ1v) is 7.03. The van der Waals surface area contributed by atoms with Crippen LogP contribution in [0.15, 0.2) is 29.2 Å². The first kappa shape index (κ1) is 11.1. The highest BCUT2D eigenvalue weighted by molar-refractivity contribution is 8.00. The number of benzene rings is 1. The number of nitrogens with one attached hydrogen (secondary N) is 1. The fraction of sp³-hybridized carbons (Fsp3) is 0.462. The first-order valence-electron chi connectivity index (χ1n) is 6.15. The van der Waals surface area contributed by atoms with Crippen LogP contribution >= 0.6 is 11.8 Å². The number of nitrogens with zero attached hydrogens (tertiary/aromatic N) is 1. The summed E-state index contributed by atoms with van der Waals surface area (Å²) in [4.78, 5) is 15.6. The van der Waals surface area contributed by atoms with E-state index < -0.39 is 0 Å². The van der Waals surface area contributed by atoms with E-state index in [9.17, 15) is 4.79 Å². The summed E-state index contributed by atoms with van der Waals surface area (Å²) in [6.45, 7) is 2.10. The molecule has 0 aromatic heterocycles. The zero-order valence-electron chi connectivity index (χ0n) is 9.69. The number of rotatable bonds is 1. The average Bonchev–Trinajstić information content (AvgIpc) is 2.39. The monoisotopic (exact) mass is 248 g/mol. The summed E-state index contributed by atoms with van der Waals surface area (Å²) in [6, 6.07) is 8.03. The lowest BCUT2D eigenvalue weighted by atomic mass is 10.1. The summed E-state index contributed by atoms with van der Waals surface area (Å²) >= 11 is 1.69. The largest absolute Gasteiger partial charge is 0.323 e. The molecule has 1 aromatic carbocycles. The van der Waals surface area contributed by atoms with Gasteiger partial charge in [0.15, 0.2) is 0 Å². The van der Waals surface area contributed by atoms with Gasteiger partial charge in [-0.2, -0.15) is 0 Å². The predicted molar refractivity (Wildman–Crippen MR) is 70.1 cm³/mol. The number of piperidine rings is 1. The van der Waals surface area contributed by atoms with Crippen molar-refractivity contribution in [3.05, 3.63) is 24.3 Å². The second-order valence-electron chi connectivity index (χ2n) is 4.55. The third kappa shape index (κ3) is 2.19. The summed E-state index contributed by atoms with van der Waals surface area (Å²) in [7, 11) is 0. The molecule has 3 nitrogen and oxygen atoms in total. The number of para-hydroxylation sites is 1. The van der Waals surface area contributed by atoms with Crippen LogP contribution in [0.5, 0.6) is 0 Å². The van der Waals surface area contributed by atoms with Gasteiger partial charge in [-0.1, -0.05) is 30.3 Å². The third-order valence-corrected chi connectivity index (χ3v) is 4.68. The molecule has 1 aromatic rings. The van der Waals surface area contributed by atoms with Gasteiger partial charge in [0.05, 0.1) is 5.69 Å². The molecule has 1 amide bonds. The second kappa shape index (κ2) is 4.70. The molecule has 0 radical (unpaired) electrons. The smallest absolute Gasteiger partial charge is 0.252 e. The summed E-state index contributed by atoms with van der Waals surface area (Å²) in [5, 5.41) is 2.97. The molecule has 1 N–H and O–H groups in total. The Morgan fingerprint density at radius 1 is 1.18 bits per heavy atom. The Morgan fingerprint density at radius 2 is 1.94 bits per heavy atom. The maximum atomic E-state index is 12.1. The van der Waals surface area contributed by atoms with Crippen molar-refractivity contribution in [1.82, 2.24) is 4.90 Å². The molecule has 4 heteroatoms. The predicted octanol–water partition coefficient (Wildman–Crippen LogP) is 2.54. The van der Waals surface area contributed by atoms with Gasteiger partial charge in [0, 0.05) is 4.90 Å². The maximum absolute atomic E-state index is 12.1. The van der Waals surface area contributed by atoms with E-state index in [1.165, 1.54) is 24.2 Å². The van der Waals surface area contributed by atoms with Crippen LogP contribution in [0, 0.1) is 0 Å². The molecule has 0 unspecified atom stereocenters. The van der Waals surface area contributed by atoms with Crippen molar-refractivity contribution >= 4 is 23.4 Å². The minimum Gasteiger partial charge on any atom is -0.323 e. The number of fused-ring (bicyclic) bond motifs is 1. The SMILES string of the molecule is O=C1Nc2ccccc2S[C@H]1N1CCCCC1. The van der Waals surface area contributed by atoms with E-state index in [1.54, 1.807) is 11.8 Å². The zero-order valence-corrected chi connectivity index (χ0v) is 10.5. The van der Waals surface area contributed by atoms with Crippen LogP contribution < -0.4 is 5.32 Å². The Bertz CT molecular complexity index is 429. The van der Waals surface area contributed by atoms with Gasteiger partial charge < -0.3 is 5.32 Å². The highest BCUT2D eigenvalue weighted by Gasteiger charge is 2.32. The number of amides is 1. The summed E-state index contributed by atoms with van der Waals surface area (Å²) < 4.78 is 0. The lowest BCUT2D eigenvalue weighted by Crippen LogP contribution is -2.45. The first-order chi connectivity index (χ1) is 8.34. The fourth-order valence-corrected chi connectivity index (χ4v) is 3.60. The lowest BCUT2D eigenvalue weighted by molar-refractivity contribution is -0.118. The Balaban J connectivity index is 1.81. The Morgan fingerprint density at radius 3 is 2.76 bits per heavy atom. The Kier molecular flexibility index (Phi) is 3.07. The van der Waals surface area contributed by atoms with E-state index in [2.05, 4.69) is 16.3 Å². The van der Waals surface area contributed by atoms with Crippen molar-refractivity contribution in [1.29, 1.82) is 0 Å². The fourth-order valence-electron chi connectivity index (χ4n) is 2.43. The summed E-state index contributed by atoms with van der Waals surface area (Å²) in [5.74, 6) is 0.135. The van der Waals surface area contributed by atoms with Gasteiger partial charge >= 0.3 is 0 Å². The molecule has 1 fully saturated rings. The summed E-state index contributed by atoms with van der Waals surface area (Å²) in [6.07, 6.45) is 3.73. The minimum absolute atomic E-state index is 0.0369. The normalized spacial score (nSPS) is 25.2. The van der Waals surface area contributed by atoms with Crippen LogP contribution in [-0.2, 0) is 4.79 Å². The number of thioether (sulfide) groups is 1. The van der Waals surface area contributed by atoms with Gasteiger partial charge in [0.2, 0.25) is 0 Å². The quantitative estimate of drug-likeness (QED) is 0.829. The average molecular weight is 248 g/mol. The van der Waals surface area contributed by atoms with E-state index >= 15 is 0 Å². The van der Waals surface area contributed by atoms with Crippen molar-refractivity contribution in [2.75, 3.05) is 18.4 Å². The van der Waals surface area contributed by atoms with Crippen LogP contribution in [0.3, 0.4) is 0 Å². The molecule has 1 atom stereocenters. The molecule has 0 saturated carbocycles. The van der Waals surface area contributed by atoms with Crippen molar-refractivity contribution < 1.29 is 4.79 Å². The number of carbonyl (C=O) groups excluding carboxylic acids is 1. The van der Waals surface area contributed by atoms with Crippen molar-refractivity contribution in [2.24, 2.45) is 0 Å². The van der Waals surface area contributed by atoms with E-state index in [-0.39, 0.29) is 11.3 Å². The van der Waals surface area contributed by atoms with Gasteiger partial charge in [-0.3, -0.25) is 9.69 Å². The van der Waals surface area contributed by atoms with E-state index in [0.29, 0.717) is 0 Å². The highest BCUT2D eigenvalue weighted by Crippen LogP contribution is 2.37. The van der Waals surface area contributed by atoms with Crippen LogP contribution in [0.1, 0.15) is 19.3 Å². The van der Waals surface area contributed by atoms with Gasteiger partial charge in [-0.15, -0.1) is 0 Å². The van der Waals surface area contributed by atoms with Gasteiger partial charge in [0.1, 0.15) is 5.37 Å². The highest BCUT2D eigenvalue weighted by atomic mass is 32.2. The van der Waals surface area contributed by atoms with Crippen molar-refractivity contribution in [3.63, 3.8) is 0 Å². The number of likely N-dealkylation sites (tertiary alicyclic amines) is 1. The molecule has 90 valence electrons. The molecule has 3 rings (SSSR count). The molecule has 1 saturated heterocycles. The number of hydrogen-bond donors (Lipinski definition) is 1. The molecular weight excluding hydrogens is 232 g/mol. The van der Waals surface area contributed by atoms with Crippen molar-refractivity contribution in [2.45, 2.75) is 29.5 Å². The molecule has 0 aliphatic carbocycles. The molecule has 17 heavy (non-hydrogen) atoms. The minimum atomic E-state index is -0.0369. The number of carbonyl (C=O) groups is 1. The zero-order chi connectivity index (χ0) is 11.7. The van der Waals surface area contributed by atoms with Crippen LogP contribution in [0.4, 0.5) is 5.69 Å². The molecule has 2 aliphatic heterocycles. The topological polar surface area (TPSA) is 32.3 Å². The second-order valence-corrected chi connectivity index (χ2v) is 5.67. The van der Waals surface area contributed by atoms with Gasteiger partial charge in [-0.05, 0) is 38.1 Å². The van der Waals surface area contributed by atoms with Crippen LogP contribution in [0.25, 0.3) is 0 Å². The standard InChI is InChI=1S/C13H16N2OS/c16-12-13(15-8-4-1-5-9-15)17-11-7-3-2-6-10(11)14-12/h2-3,6-7,13H,1,4-5,8-9H2,(H,14,16)/t13-/m1/s1. The number of anilines is 1. The van der Waals surface area contributed by atoms with Gasteiger partial charge in [-0.25, -0.2) is 0 Å². The number of hydrogen-bond acceptors (Lipinski definition) is 3. The maximum Gasteiger partial charge on any atom is 0.252 e. The van der Waals surface area contributed by atoms with Gasteiger partial charge in [0.25, 0.3) is 5.91 Å². The molecular formula is C13H16N2OS. The molecule has 2 aliphatic rings. The molecule has 0 bridgehead atoms.